The van der Waals surface area contributed by atoms with Crippen LogP contribution in [0.15, 0.2) is 47.5 Å². The average molecular weight is 332 g/mol. The largest absolute Gasteiger partial charge is 0.286 e. The lowest BCUT2D eigenvalue weighted by Crippen LogP contribution is -2.31. The first-order chi connectivity index (χ1) is 11.0. The van der Waals surface area contributed by atoms with Crippen molar-refractivity contribution < 1.29 is 13.6 Å². The Hall–Kier alpha value is -2.21. The number of carbonyl (C=O) groups is 1. The van der Waals surface area contributed by atoms with E-state index >= 15 is 0 Å². The van der Waals surface area contributed by atoms with Gasteiger partial charge in [0.2, 0.25) is 0 Å². The van der Waals surface area contributed by atoms with Crippen molar-refractivity contribution in [2.45, 2.75) is 6.92 Å². The summed E-state index contributed by atoms with van der Waals surface area (Å²) in [7, 11) is 0. The minimum Gasteiger partial charge on any atom is -0.286 e. The lowest BCUT2D eigenvalue weighted by molar-refractivity contribution is 0.0858. The molecule has 0 bridgehead atoms. The molecule has 1 aliphatic heterocycles. The summed E-state index contributed by atoms with van der Waals surface area (Å²) in [6.07, 6.45) is 0. The van der Waals surface area contributed by atoms with Crippen LogP contribution in [0.2, 0.25) is 0 Å². The van der Waals surface area contributed by atoms with Gasteiger partial charge in [-0.3, -0.25) is 9.69 Å². The van der Waals surface area contributed by atoms with E-state index in [4.69, 9.17) is 0 Å². The highest BCUT2D eigenvalue weighted by molar-refractivity contribution is 8.14. The number of aliphatic imine (C=N–C) groups is 1. The molecule has 0 aromatic heterocycles. The average Bonchev–Trinajstić information content (AvgIpc) is 2.96. The van der Waals surface area contributed by atoms with Gasteiger partial charge in [-0.05, 0) is 30.7 Å². The van der Waals surface area contributed by atoms with Gasteiger partial charge in [0.05, 0.1) is 5.69 Å². The fraction of sp³-hybridized carbons (Fsp3) is 0.176. The van der Waals surface area contributed by atoms with Crippen LogP contribution in [0.3, 0.4) is 0 Å². The summed E-state index contributed by atoms with van der Waals surface area (Å²) in [5.74, 6) is -1.27. The van der Waals surface area contributed by atoms with Crippen LogP contribution in [-0.4, -0.2) is 28.3 Å². The lowest BCUT2D eigenvalue weighted by Gasteiger charge is -2.16. The van der Waals surface area contributed by atoms with E-state index in [2.05, 4.69) is 4.99 Å². The van der Waals surface area contributed by atoms with E-state index < -0.39 is 17.5 Å². The third kappa shape index (κ3) is 3.42. The number of thioether (sulfide) groups is 1. The van der Waals surface area contributed by atoms with Gasteiger partial charge in [-0.1, -0.05) is 30.0 Å². The first kappa shape index (κ1) is 15.7. The van der Waals surface area contributed by atoms with Gasteiger partial charge in [-0.15, -0.1) is 0 Å². The maximum atomic E-state index is 13.3. The van der Waals surface area contributed by atoms with Crippen LogP contribution in [0.25, 0.3) is 0 Å². The van der Waals surface area contributed by atoms with Crippen molar-refractivity contribution in [3.05, 3.63) is 65.2 Å². The molecule has 0 radical (unpaired) electrons. The van der Waals surface area contributed by atoms with Crippen molar-refractivity contribution in [3.8, 4) is 0 Å². The summed E-state index contributed by atoms with van der Waals surface area (Å²) < 4.78 is 26.7. The monoisotopic (exact) mass is 332 g/mol. The van der Waals surface area contributed by atoms with Crippen LogP contribution >= 0.6 is 11.8 Å². The van der Waals surface area contributed by atoms with Crippen LogP contribution in [-0.2, 0) is 0 Å². The Bertz CT molecular complexity index is 772. The summed E-state index contributed by atoms with van der Waals surface area (Å²) in [5.41, 5.74) is 1.76. The van der Waals surface area contributed by atoms with Crippen LogP contribution in [0.4, 0.5) is 14.5 Å². The van der Waals surface area contributed by atoms with Gasteiger partial charge in [0.1, 0.15) is 11.6 Å². The lowest BCUT2D eigenvalue weighted by atomic mass is 10.2. The maximum absolute atomic E-state index is 13.3. The molecule has 1 aliphatic rings. The van der Waals surface area contributed by atoms with Crippen molar-refractivity contribution in [1.29, 1.82) is 0 Å². The molecular weight excluding hydrogens is 318 g/mol. The Morgan fingerprint density at radius 3 is 2.57 bits per heavy atom. The molecule has 0 spiro atoms. The second-order valence-corrected chi connectivity index (χ2v) is 6.21. The van der Waals surface area contributed by atoms with Gasteiger partial charge in [-0.2, -0.15) is 0 Å². The summed E-state index contributed by atoms with van der Waals surface area (Å²) in [6.45, 7) is 2.40. The molecule has 0 aliphatic carbocycles. The fourth-order valence-electron chi connectivity index (χ4n) is 2.31. The third-order valence-electron chi connectivity index (χ3n) is 3.46. The number of carbonyl (C=O) groups excluding carboxylic acids is 1. The highest BCUT2D eigenvalue weighted by Crippen LogP contribution is 2.26. The number of rotatable bonds is 2. The Morgan fingerprint density at radius 2 is 1.87 bits per heavy atom. The third-order valence-corrected chi connectivity index (χ3v) is 4.42. The Kier molecular flexibility index (Phi) is 4.43. The summed E-state index contributed by atoms with van der Waals surface area (Å²) in [4.78, 5) is 18.5. The van der Waals surface area contributed by atoms with E-state index in [0.717, 1.165) is 29.4 Å². The zero-order valence-electron chi connectivity index (χ0n) is 12.4. The number of benzene rings is 2. The van der Waals surface area contributed by atoms with Crippen LogP contribution < -0.4 is 0 Å². The molecule has 0 N–H and O–H groups in total. The Labute approximate surface area is 137 Å². The zero-order chi connectivity index (χ0) is 16.4. The van der Waals surface area contributed by atoms with Gasteiger partial charge < -0.3 is 0 Å². The molecule has 0 unspecified atom stereocenters. The predicted molar refractivity (Wildman–Crippen MR) is 88.1 cm³/mol. The quantitative estimate of drug-likeness (QED) is 0.827. The molecule has 2 aromatic rings. The second-order valence-electron chi connectivity index (χ2n) is 5.14. The van der Waals surface area contributed by atoms with E-state index in [1.165, 1.54) is 16.7 Å². The minimum absolute atomic E-state index is 0.0116. The molecule has 0 saturated carbocycles. The van der Waals surface area contributed by atoms with Crippen molar-refractivity contribution in [3.63, 3.8) is 0 Å². The minimum atomic E-state index is -0.766. The normalized spacial score (nSPS) is 16.1. The maximum Gasteiger partial charge on any atom is 0.260 e. The second kappa shape index (κ2) is 6.50. The first-order valence-electron chi connectivity index (χ1n) is 7.09. The molecule has 0 atom stereocenters. The van der Waals surface area contributed by atoms with Gasteiger partial charge in [0.15, 0.2) is 5.17 Å². The SMILES string of the molecule is Cc1ccccc1N=C1SCCN1C(=O)c1cc(F)cc(F)c1. The van der Waals surface area contributed by atoms with E-state index in [0.29, 0.717) is 17.5 Å². The Balaban J connectivity index is 1.92. The summed E-state index contributed by atoms with van der Waals surface area (Å²) >= 11 is 1.45. The number of halogens is 2. The van der Waals surface area contributed by atoms with Gasteiger partial charge in [-0.25, -0.2) is 13.8 Å². The standard InChI is InChI=1S/C17H14F2N2OS/c1-11-4-2-3-5-15(11)20-17-21(6-7-23-17)16(22)12-8-13(18)10-14(19)9-12/h2-5,8-10H,6-7H2,1H3. The molecular formula is C17H14F2N2OS. The topological polar surface area (TPSA) is 32.7 Å². The van der Waals surface area contributed by atoms with E-state index in [9.17, 15) is 13.6 Å². The summed E-state index contributed by atoms with van der Waals surface area (Å²) in [6, 6.07) is 10.4. The van der Waals surface area contributed by atoms with Crippen molar-refractivity contribution in [2.75, 3.05) is 12.3 Å². The molecule has 1 fully saturated rings. The summed E-state index contributed by atoms with van der Waals surface area (Å²) in [5, 5.41) is 0.550. The molecule has 1 amide bonds. The van der Waals surface area contributed by atoms with Crippen LogP contribution in [0.5, 0.6) is 0 Å². The molecule has 6 heteroatoms. The number of aryl methyl sites for hydroxylation is 1. The van der Waals surface area contributed by atoms with Crippen LogP contribution in [0, 0.1) is 18.6 Å². The predicted octanol–water partition coefficient (Wildman–Crippen LogP) is 4.15. The molecule has 1 heterocycles. The number of nitrogens with zero attached hydrogens (tertiary/aromatic N) is 2. The van der Waals surface area contributed by atoms with Crippen molar-refractivity contribution in [1.82, 2.24) is 4.90 Å². The smallest absolute Gasteiger partial charge is 0.260 e. The number of hydrogen-bond donors (Lipinski definition) is 0. The Morgan fingerprint density at radius 1 is 1.17 bits per heavy atom. The van der Waals surface area contributed by atoms with Crippen LogP contribution in [0.1, 0.15) is 15.9 Å². The molecule has 118 valence electrons. The molecule has 23 heavy (non-hydrogen) atoms. The number of hydrogen-bond acceptors (Lipinski definition) is 3. The van der Waals surface area contributed by atoms with E-state index in [1.807, 2.05) is 31.2 Å². The van der Waals surface area contributed by atoms with Gasteiger partial charge in [0.25, 0.3) is 5.91 Å². The highest BCUT2D eigenvalue weighted by Gasteiger charge is 2.27. The molecule has 1 saturated heterocycles. The molecule has 3 nitrogen and oxygen atoms in total. The number of amidine groups is 1. The van der Waals surface area contributed by atoms with E-state index in [-0.39, 0.29) is 5.56 Å². The fourth-order valence-corrected chi connectivity index (χ4v) is 3.26. The molecule has 2 aromatic carbocycles. The number of amides is 1. The number of para-hydroxylation sites is 1. The van der Waals surface area contributed by atoms with E-state index in [1.54, 1.807) is 0 Å². The highest BCUT2D eigenvalue weighted by atomic mass is 32.2. The van der Waals surface area contributed by atoms with Crippen molar-refractivity contribution in [2.24, 2.45) is 4.99 Å². The van der Waals surface area contributed by atoms with Gasteiger partial charge >= 0.3 is 0 Å². The van der Waals surface area contributed by atoms with Crippen molar-refractivity contribution >= 4 is 28.5 Å². The van der Waals surface area contributed by atoms with Gasteiger partial charge in [0, 0.05) is 23.9 Å². The molecule has 3 rings (SSSR count). The zero-order valence-corrected chi connectivity index (χ0v) is 13.2. The first-order valence-corrected chi connectivity index (χ1v) is 8.08.